The number of rotatable bonds is 7. The number of allylic oxidation sites excluding steroid dienone is 1. The van der Waals surface area contributed by atoms with Crippen molar-refractivity contribution in [2.45, 2.75) is 30.0 Å². The van der Waals surface area contributed by atoms with Gasteiger partial charge in [0.25, 0.3) is 0 Å². The summed E-state index contributed by atoms with van der Waals surface area (Å²) in [6.45, 7) is 0.879. The molecule has 0 aliphatic heterocycles. The third-order valence-corrected chi connectivity index (χ3v) is 10.2. The van der Waals surface area contributed by atoms with E-state index in [1.54, 1.807) is 0 Å². The molecular weight excluding hydrogens is 537 g/mol. The van der Waals surface area contributed by atoms with E-state index in [0.29, 0.717) is 6.54 Å². The monoisotopic (exact) mass is 559 g/mol. The number of aromatic nitrogens is 2. The highest BCUT2D eigenvalue weighted by Crippen LogP contribution is 2.35. The first-order valence-corrected chi connectivity index (χ1v) is 14.7. The minimum Gasteiger partial charge on any atom is -0.352 e. The summed E-state index contributed by atoms with van der Waals surface area (Å²) in [5, 5.41) is 9.91. The van der Waals surface area contributed by atoms with Crippen molar-refractivity contribution in [2.75, 3.05) is 12.3 Å². The minimum atomic E-state index is -3.81. The number of fused-ring (bicyclic) bond motifs is 2. The van der Waals surface area contributed by atoms with E-state index in [9.17, 15) is 13.2 Å². The van der Waals surface area contributed by atoms with Gasteiger partial charge in [0.1, 0.15) is 14.3 Å². The van der Waals surface area contributed by atoms with Gasteiger partial charge in [0.15, 0.2) is 9.84 Å². The lowest BCUT2D eigenvalue weighted by atomic mass is 9.92. The van der Waals surface area contributed by atoms with E-state index >= 15 is 0 Å². The molecule has 0 saturated heterocycles. The number of amides is 1. The Morgan fingerprint density at radius 2 is 1.92 bits per heavy atom. The Balaban J connectivity index is 1.28. The van der Waals surface area contributed by atoms with Crippen LogP contribution in [0.4, 0.5) is 0 Å². The van der Waals surface area contributed by atoms with Crippen LogP contribution in [0.1, 0.15) is 29.7 Å². The van der Waals surface area contributed by atoms with E-state index in [1.807, 2.05) is 29.1 Å². The highest BCUT2D eigenvalue weighted by Gasteiger charge is 2.23. The van der Waals surface area contributed by atoms with Crippen molar-refractivity contribution < 1.29 is 13.2 Å². The molecule has 0 unspecified atom stereocenters. The van der Waals surface area contributed by atoms with Gasteiger partial charge in [-0.25, -0.2) is 8.42 Å². The van der Waals surface area contributed by atoms with E-state index < -0.39 is 21.5 Å². The number of nitrogens with one attached hydrogen (secondary N) is 1. The van der Waals surface area contributed by atoms with Gasteiger partial charge in [0, 0.05) is 6.54 Å². The van der Waals surface area contributed by atoms with E-state index in [4.69, 9.17) is 23.2 Å². The molecule has 5 rings (SSSR count). The average Bonchev–Trinajstić information content (AvgIpc) is 3.42. The Morgan fingerprint density at radius 1 is 1.11 bits per heavy atom. The summed E-state index contributed by atoms with van der Waals surface area (Å²) in [5.74, 6) is -1.23. The van der Waals surface area contributed by atoms with Crippen LogP contribution in [-0.2, 0) is 27.6 Å². The fourth-order valence-corrected chi connectivity index (χ4v) is 7.58. The van der Waals surface area contributed by atoms with Crippen LogP contribution in [0.25, 0.3) is 16.3 Å². The zero-order chi connectivity index (χ0) is 25.3. The summed E-state index contributed by atoms with van der Waals surface area (Å²) in [6.07, 6.45) is 6.71. The number of thiophene rings is 1. The van der Waals surface area contributed by atoms with Gasteiger partial charge in [-0.05, 0) is 58.9 Å². The quantitative estimate of drug-likeness (QED) is 0.312. The summed E-state index contributed by atoms with van der Waals surface area (Å²) in [6, 6.07) is 16.0. The molecule has 1 N–H and O–H groups in total. The minimum absolute atomic E-state index is 0.0134. The van der Waals surface area contributed by atoms with Crippen LogP contribution in [0.5, 0.6) is 0 Å². The Kier molecular flexibility index (Phi) is 7.21. The Labute approximate surface area is 223 Å². The molecule has 0 atom stereocenters. The van der Waals surface area contributed by atoms with Crippen LogP contribution < -0.4 is 5.32 Å². The van der Waals surface area contributed by atoms with Crippen molar-refractivity contribution in [1.29, 1.82) is 0 Å². The SMILES string of the molecule is O=C(CS(=O)(=O)c1cc(Cl)c(Cl)s1)NC/C=C1\CCCc2cnn(Cc3ccc4ccccc4c3)c21. The lowest BCUT2D eigenvalue weighted by Gasteiger charge is -2.18. The number of hydrogen-bond acceptors (Lipinski definition) is 5. The summed E-state index contributed by atoms with van der Waals surface area (Å²) in [7, 11) is -3.81. The summed E-state index contributed by atoms with van der Waals surface area (Å²) in [5.41, 5.74) is 4.54. The number of nitrogens with zero attached hydrogens (tertiary/aromatic N) is 2. The number of aryl methyl sites for hydroxylation is 1. The zero-order valence-electron chi connectivity index (χ0n) is 19.2. The van der Waals surface area contributed by atoms with E-state index in [0.717, 1.165) is 47.4 Å². The molecule has 1 aliphatic rings. The fourth-order valence-electron chi connectivity index (χ4n) is 4.46. The maximum Gasteiger partial charge on any atom is 0.235 e. The second-order valence-electron chi connectivity index (χ2n) is 8.69. The van der Waals surface area contributed by atoms with Gasteiger partial charge in [0.05, 0.1) is 23.5 Å². The van der Waals surface area contributed by atoms with Crippen molar-refractivity contribution in [2.24, 2.45) is 0 Å². The van der Waals surface area contributed by atoms with Gasteiger partial charge in [-0.3, -0.25) is 9.48 Å². The summed E-state index contributed by atoms with van der Waals surface area (Å²) < 4.78 is 27.2. The molecule has 2 heterocycles. The lowest BCUT2D eigenvalue weighted by molar-refractivity contribution is -0.118. The Morgan fingerprint density at radius 3 is 2.69 bits per heavy atom. The lowest BCUT2D eigenvalue weighted by Crippen LogP contribution is -2.30. The molecule has 0 spiro atoms. The highest BCUT2D eigenvalue weighted by atomic mass is 35.5. The van der Waals surface area contributed by atoms with Gasteiger partial charge in [-0.15, -0.1) is 11.3 Å². The van der Waals surface area contributed by atoms with E-state index in [2.05, 4.69) is 40.7 Å². The number of benzene rings is 2. The second-order valence-corrected chi connectivity index (χ2v) is 13.0. The van der Waals surface area contributed by atoms with Crippen molar-refractivity contribution in [3.8, 4) is 0 Å². The molecule has 186 valence electrons. The van der Waals surface area contributed by atoms with Crippen LogP contribution in [0.15, 0.2) is 65.0 Å². The Hall–Kier alpha value is -2.65. The molecule has 2 aromatic heterocycles. The molecule has 36 heavy (non-hydrogen) atoms. The smallest absolute Gasteiger partial charge is 0.235 e. The van der Waals surface area contributed by atoms with Gasteiger partial charge in [-0.2, -0.15) is 5.10 Å². The Bertz CT molecular complexity index is 1570. The number of carbonyl (C=O) groups is 1. The van der Waals surface area contributed by atoms with Gasteiger partial charge < -0.3 is 5.32 Å². The largest absolute Gasteiger partial charge is 0.352 e. The first kappa shape index (κ1) is 25.0. The number of carbonyl (C=O) groups excluding carboxylic acids is 1. The van der Waals surface area contributed by atoms with Crippen molar-refractivity contribution in [3.63, 3.8) is 0 Å². The van der Waals surface area contributed by atoms with Crippen molar-refractivity contribution in [1.82, 2.24) is 15.1 Å². The van der Waals surface area contributed by atoms with Gasteiger partial charge >= 0.3 is 0 Å². The third kappa shape index (κ3) is 5.37. The second kappa shape index (κ2) is 10.4. The van der Waals surface area contributed by atoms with Crippen LogP contribution in [-0.4, -0.2) is 36.4 Å². The van der Waals surface area contributed by atoms with Crippen molar-refractivity contribution in [3.05, 3.63) is 87.0 Å². The third-order valence-electron chi connectivity index (χ3n) is 6.16. The van der Waals surface area contributed by atoms with Crippen LogP contribution in [0.2, 0.25) is 9.36 Å². The van der Waals surface area contributed by atoms with Gasteiger partial charge in [-0.1, -0.05) is 65.7 Å². The molecule has 4 aromatic rings. The molecule has 0 saturated carbocycles. The van der Waals surface area contributed by atoms with E-state index in [-0.39, 0.29) is 20.1 Å². The molecule has 0 bridgehead atoms. The first-order valence-electron chi connectivity index (χ1n) is 11.5. The summed E-state index contributed by atoms with van der Waals surface area (Å²) >= 11 is 12.6. The molecule has 1 amide bonds. The maximum absolute atomic E-state index is 12.5. The normalized spacial score (nSPS) is 14.8. The molecular formula is C26H23Cl2N3O3S2. The summed E-state index contributed by atoms with van der Waals surface area (Å²) in [4.78, 5) is 12.4. The topological polar surface area (TPSA) is 81.1 Å². The number of sulfone groups is 1. The van der Waals surface area contributed by atoms with Gasteiger partial charge in [0.2, 0.25) is 5.91 Å². The number of halogens is 2. The number of hydrogen-bond donors (Lipinski definition) is 1. The molecule has 1 aliphatic carbocycles. The first-order chi connectivity index (χ1) is 17.3. The van der Waals surface area contributed by atoms with Crippen molar-refractivity contribution >= 4 is 66.6 Å². The average molecular weight is 561 g/mol. The van der Waals surface area contributed by atoms with Crippen LogP contribution >= 0.6 is 34.5 Å². The highest BCUT2D eigenvalue weighted by molar-refractivity contribution is 7.94. The van der Waals surface area contributed by atoms with Crippen LogP contribution in [0.3, 0.4) is 0 Å². The predicted octanol–water partition coefficient (Wildman–Crippen LogP) is 5.76. The molecule has 6 nitrogen and oxygen atoms in total. The molecule has 2 aromatic carbocycles. The zero-order valence-corrected chi connectivity index (χ0v) is 22.4. The fraction of sp³-hybridized carbons (Fsp3) is 0.231. The molecule has 10 heteroatoms. The van der Waals surface area contributed by atoms with Crippen LogP contribution in [0, 0.1) is 0 Å². The molecule has 0 radical (unpaired) electrons. The van der Waals surface area contributed by atoms with E-state index in [1.165, 1.54) is 22.4 Å². The predicted molar refractivity (Wildman–Crippen MR) is 146 cm³/mol. The standard InChI is InChI=1S/C26H23Cl2N3O3S2/c27-22-13-24(35-26(22)28)36(33,34)16-23(32)29-11-10-19-6-3-7-21-14-30-31(25(19)21)15-17-8-9-18-4-1-2-5-20(18)12-17/h1-2,4-5,8-10,12-14H,3,6-7,11,15-16H2,(H,29,32)/b19-10+. The molecule has 0 fully saturated rings. The maximum atomic E-state index is 12.5.